The number of esters is 1. The molecule has 0 saturated heterocycles. The minimum Gasteiger partial charge on any atom is -0.480 e. The van der Waals surface area contributed by atoms with E-state index in [0.29, 0.717) is 5.56 Å². The number of carboxylic acid groups (broad SMARTS) is 1. The highest BCUT2D eigenvalue weighted by Crippen LogP contribution is 2.44. The molecule has 0 saturated carbocycles. The van der Waals surface area contributed by atoms with Gasteiger partial charge in [0.25, 0.3) is 0 Å². The molecule has 1 unspecified atom stereocenters. The maximum atomic E-state index is 12.8. The number of carbonyl (C=O) groups is 3. The number of nitrogens with zero attached hydrogens (tertiary/aromatic N) is 1. The summed E-state index contributed by atoms with van der Waals surface area (Å²) >= 11 is 0. The standard InChI is InChI=1S/C30H28N2O6/c1-2-37-28(33)17-32-16-19(20-9-7-8-14-27(20)32)15-26(29(34)35)31-30(36)38-18-25-23-12-5-3-10-21(23)22-11-4-6-13-24(22)25/h3-14,16,25-26H,2,15,17-18H2,1H3,(H,31,36)(H,34,35). The highest BCUT2D eigenvalue weighted by molar-refractivity contribution is 5.87. The third-order valence-electron chi connectivity index (χ3n) is 6.83. The first kappa shape index (κ1) is 25.1. The molecule has 5 rings (SSSR count). The molecule has 1 aliphatic rings. The van der Waals surface area contributed by atoms with Crippen LogP contribution in [-0.2, 0) is 32.0 Å². The molecule has 0 bridgehead atoms. The molecular formula is C30H28N2O6. The van der Waals surface area contributed by atoms with Crippen molar-refractivity contribution in [2.24, 2.45) is 0 Å². The number of nitrogens with one attached hydrogen (secondary N) is 1. The van der Waals surface area contributed by atoms with Crippen LogP contribution in [0.1, 0.15) is 29.5 Å². The van der Waals surface area contributed by atoms with Crippen LogP contribution in [-0.4, -0.2) is 47.0 Å². The number of fused-ring (bicyclic) bond motifs is 4. The summed E-state index contributed by atoms with van der Waals surface area (Å²) < 4.78 is 12.3. The molecule has 8 heteroatoms. The summed E-state index contributed by atoms with van der Waals surface area (Å²) in [5, 5.41) is 13.2. The highest BCUT2D eigenvalue weighted by Gasteiger charge is 2.30. The van der Waals surface area contributed by atoms with Crippen LogP contribution in [0.15, 0.2) is 79.0 Å². The molecule has 1 atom stereocenters. The second-order valence-corrected chi connectivity index (χ2v) is 9.17. The minimum atomic E-state index is -1.22. The van der Waals surface area contributed by atoms with E-state index in [-0.39, 0.29) is 38.1 Å². The van der Waals surface area contributed by atoms with Gasteiger partial charge in [0, 0.05) is 29.4 Å². The van der Waals surface area contributed by atoms with Crippen LogP contribution < -0.4 is 5.32 Å². The number of alkyl carbamates (subject to hydrolysis) is 1. The Hall–Kier alpha value is -4.59. The molecule has 8 nitrogen and oxygen atoms in total. The molecule has 194 valence electrons. The van der Waals surface area contributed by atoms with E-state index >= 15 is 0 Å². The minimum absolute atomic E-state index is 0.00585. The van der Waals surface area contributed by atoms with Crippen molar-refractivity contribution in [2.75, 3.05) is 13.2 Å². The highest BCUT2D eigenvalue weighted by atomic mass is 16.5. The van der Waals surface area contributed by atoms with Crippen molar-refractivity contribution in [3.05, 3.63) is 95.7 Å². The normalized spacial score (nSPS) is 13.0. The van der Waals surface area contributed by atoms with Gasteiger partial charge >= 0.3 is 18.0 Å². The largest absolute Gasteiger partial charge is 0.480 e. The molecule has 1 aliphatic carbocycles. The van der Waals surface area contributed by atoms with Crippen molar-refractivity contribution in [3.8, 4) is 11.1 Å². The first-order valence-electron chi connectivity index (χ1n) is 12.5. The van der Waals surface area contributed by atoms with Gasteiger partial charge in [0.2, 0.25) is 0 Å². The monoisotopic (exact) mass is 512 g/mol. The van der Waals surface area contributed by atoms with Crippen LogP contribution in [0.3, 0.4) is 0 Å². The third kappa shape index (κ3) is 4.98. The van der Waals surface area contributed by atoms with Crippen molar-refractivity contribution < 1.29 is 29.0 Å². The first-order chi connectivity index (χ1) is 18.5. The number of benzene rings is 3. The Morgan fingerprint density at radius 2 is 1.55 bits per heavy atom. The van der Waals surface area contributed by atoms with Crippen molar-refractivity contribution >= 4 is 28.9 Å². The van der Waals surface area contributed by atoms with Crippen molar-refractivity contribution in [2.45, 2.75) is 31.8 Å². The summed E-state index contributed by atoms with van der Waals surface area (Å²) in [6.07, 6.45) is 0.960. The average Bonchev–Trinajstić information content (AvgIpc) is 3.42. The van der Waals surface area contributed by atoms with Gasteiger partial charge in [-0.1, -0.05) is 66.7 Å². The molecule has 1 amide bonds. The fourth-order valence-corrected chi connectivity index (χ4v) is 5.16. The first-order valence-corrected chi connectivity index (χ1v) is 12.5. The van der Waals surface area contributed by atoms with Gasteiger partial charge in [-0.2, -0.15) is 0 Å². The van der Waals surface area contributed by atoms with Crippen molar-refractivity contribution in [3.63, 3.8) is 0 Å². The zero-order valence-corrected chi connectivity index (χ0v) is 20.9. The van der Waals surface area contributed by atoms with Gasteiger partial charge in [-0.15, -0.1) is 0 Å². The number of hydrogen-bond donors (Lipinski definition) is 2. The lowest BCUT2D eigenvalue weighted by Crippen LogP contribution is -2.42. The van der Waals surface area contributed by atoms with Crippen molar-refractivity contribution in [1.29, 1.82) is 0 Å². The summed E-state index contributed by atoms with van der Waals surface area (Å²) in [5.41, 5.74) is 5.84. The predicted molar refractivity (Wildman–Crippen MR) is 142 cm³/mol. The summed E-state index contributed by atoms with van der Waals surface area (Å²) in [6, 6.07) is 22.2. The van der Waals surface area contributed by atoms with Gasteiger partial charge in [-0.25, -0.2) is 9.59 Å². The van der Waals surface area contributed by atoms with Gasteiger partial charge < -0.3 is 24.5 Å². The Balaban J connectivity index is 1.29. The van der Waals surface area contributed by atoms with Crippen LogP contribution in [0.4, 0.5) is 4.79 Å². The smallest absolute Gasteiger partial charge is 0.407 e. The molecular weight excluding hydrogens is 484 g/mol. The fourth-order valence-electron chi connectivity index (χ4n) is 5.16. The van der Waals surface area contributed by atoms with Crippen LogP contribution in [0, 0.1) is 0 Å². The lowest BCUT2D eigenvalue weighted by Gasteiger charge is -2.17. The summed E-state index contributed by atoms with van der Waals surface area (Å²) in [5.74, 6) is -1.69. The molecule has 1 heterocycles. The van der Waals surface area contributed by atoms with E-state index in [9.17, 15) is 19.5 Å². The molecule has 0 aliphatic heterocycles. The molecule has 3 aromatic carbocycles. The molecule has 2 N–H and O–H groups in total. The Morgan fingerprint density at radius 3 is 2.21 bits per heavy atom. The number of rotatable bonds is 9. The molecule has 0 radical (unpaired) electrons. The van der Waals surface area contributed by atoms with Crippen LogP contribution in [0.25, 0.3) is 22.0 Å². The summed E-state index contributed by atoms with van der Waals surface area (Å²) in [6.45, 7) is 2.11. The Morgan fingerprint density at radius 1 is 0.921 bits per heavy atom. The Bertz CT molecular complexity index is 1460. The SMILES string of the molecule is CCOC(=O)Cn1cc(CC(NC(=O)OCC2c3ccccc3-c3ccccc32)C(=O)O)c2ccccc21. The molecule has 4 aromatic rings. The second-order valence-electron chi connectivity index (χ2n) is 9.17. The van der Waals surface area contributed by atoms with E-state index in [1.165, 1.54) is 0 Å². The van der Waals surface area contributed by atoms with Crippen LogP contribution in [0.5, 0.6) is 0 Å². The zero-order chi connectivity index (χ0) is 26.6. The van der Waals surface area contributed by atoms with E-state index in [1.807, 2.05) is 72.8 Å². The maximum Gasteiger partial charge on any atom is 0.407 e. The fraction of sp³-hybridized carbons (Fsp3) is 0.233. The van der Waals surface area contributed by atoms with Gasteiger partial charge in [0.15, 0.2) is 0 Å². The van der Waals surface area contributed by atoms with Crippen LogP contribution >= 0.6 is 0 Å². The summed E-state index contributed by atoms with van der Waals surface area (Å²) in [4.78, 5) is 36.9. The van der Waals surface area contributed by atoms with E-state index in [2.05, 4.69) is 5.32 Å². The zero-order valence-electron chi connectivity index (χ0n) is 20.9. The van der Waals surface area contributed by atoms with E-state index in [0.717, 1.165) is 33.2 Å². The Labute approximate surface area is 219 Å². The lowest BCUT2D eigenvalue weighted by molar-refractivity contribution is -0.143. The molecule has 0 spiro atoms. The second kappa shape index (κ2) is 10.8. The van der Waals surface area contributed by atoms with E-state index in [1.54, 1.807) is 17.7 Å². The number of para-hydroxylation sites is 1. The topological polar surface area (TPSA) is 107 Å². The average molecular weight is 513 g/mol. The van der Waals surface area contributed by atoms with E-state index < -0.39 is 18.1 Å². The van der Waals surface area contributed by atoms with Gasteiger partial charge in [0.1, 0.15) is 19.2 Å². The van der Waals surface area contributed by atoms with Gasteiger partial charge in [-0.3, -0.25) is 4.79 Å². The number of hydrogen-bond acceptors (Lipinski definition) is 5. The van der Waals surface area contributed by atoms with E-state index in [4.69, 9.17) is 9.47 Å². The van der Waals surface area contributed by atoms with Crippen LogP contribution in [0.2, 0.25) is 0 Å². The van der Waals surface area contributed by atoms with Crippen molar-refractivity contribution in [1.82, 2.24) is 9.88 Å². The number of ether oxygens (including phenoxy) is 2. The molecule has 0 fully saturated rings. The predicted octanol–water partition coefficient (Wildman–Crippen LogP) is 4.74. The lowest BCUT2D eigenvalue weighted by atomic mass is 9.98. The summed E-state index contributed by atoms with van der Waals surface area (Å²) in [7, 11) is 0. The number of aromatic nitrogens is 1. The number of amides is 1. The number of aliphatic carboxylic acids is 1. The number of carbonyl (C=O) groups excluding carboxylic acids is 2. The molecule has 1 aromatic heterocycles. The quantitative estimate of drug-likeness (QED) is 0.314. The Kier molecular flexibility index (Phi) is 7.13. The third-order valence-corrected chi connectivity index (χ3v) is 6.83. The maximum absolute atomic E-state index is 12.8. The number of carboxylic acids is 1. The van der Waals surface area contributed by atoms with Gasteiger partial charge in [0.05, 0.1) is 6.61 Å². The van der Waals surface area contributed by atoms with Gasteiger partial charge in [-0.05, 0) is 40.8 Å². The molecule has 38 heavy (non-hydrogen) atoms.